The van der Waals surface area contributed by atoms with Gasteiger partial charge in [-0.3, -0.25) is 0 Å². The van der Waals surface area contributed by atoms with Crippen molar-refractivity contribution in [2.24, 2.45) is 0 Å². The van der Waals surface area contributed by atoms with E-state index in [9.17, 15) is 5.11 Å². The Morgan fingerprint density at radius 3 is 2.67 bits per heavy atom. The second kappa shape index (κ2) is 3.78. The molecule has 66 valence electrons. The molecule has 0 heterocycles. The molecule has 0 fully saturated rings. The number of ether oxygens (including phenoxy) is 1. The fraction of sp³-hybridized carbons (Fsp3) is 0.333. The van der Waals surface area contributed by atoms with Gasteiger partial charge in [-0.05, 0) is 24.6 Å². The van der Waals surface area contributed by atoms with Crippen LogP contribution in [0.25, 0.3) is 0 Å². The van der Waals surface area contributed by atoms with Crippen LogP contribution in [-0.2, 0) is 0 Å². The average Bonchev–Trinajstić information content (AvgIpc) is 2.05. The number of methoxy groups -OCH3 is 1. The molecule has 1 N–H and O–H groups in total. The highest BCUT2D eigenvalue weighted by Gasteiger charge is 2.05. The van der Waals surface area contributed by atoms with Crippen LogP contribution in [0.15, 0.2) is 18.2 Å². The summed E-state index contributed by atoms with van der Waals surface area (Å²) in [5.74, 6) is 0.593. The zero-order valence-electron chi connectivity index (χ0n) is 7.04. The summed E-state index contributed by atoms with van der Waals surface area (Å²) in [6.45, 7) is 1.70. The van der Waals surface area contributed by atoms with E-state index in [1.54, 1.807) is 32.2 Å². The first kappa shape index (κ1) is 9.36. The summed E-state index contributed by atoms with van der Waals surface area (Å²) in [4.78, 5) is 0. The predicted octanol–water partition coefficient (Wildman–Crippen LogP) is 2.40. The van der Waals surface area contributed by atoms with E-state index in [1.165, 1.54) is 0 Å². The molecule has 1 unspecified atom stereocenters. The highest BCUT2D eigenvalue weighted by Crippen LogP contribution is 2.27. The maximum atomic E-state index is 9.24. The van der Waals surface area contributed by atoms with Crippen LogP contribution in [-0.4, -0.2) is 12.2 Å². The molecular formula is C9H11ClO2. The standard InChI is InChI=1S/C9H11ClO2/c1-6(11)7-3-4-8(10)9(5-7)12-2/h3-6,11H,1-2H3. The van der Waals surface area contributed by atoms with E-state index in [0.717, 1.165) is 5.56 Å². The van der Waals surface area contributed by atoms with Crippen LogP contribution in [0.3, 0.4) is 0 Å². The van der Waals surface area contributed by atoms with E-state index in [1.807, 2.05) is 0 Å². The molecule has 3 heteroatoms. The van der Waals surface area contributed by atoms with Gasteiger partial charge in [-0.1, -0.05) is 17.7 Å². The van der Waals surface area contributed by atoms with Crippen LogP contribution in [0.4, 0.5) is 0 Å². The van der Waals surface area contributed by atoms with Gasteiger partial charge in [0.1, 0.15) is 5.75 Å². The van der Waals surface area contributed by atoms with Crippen LogP contribution < -0.4 is 4.74 Å². The molecule has 1 aromatic carbocycles. The fourth-order valence-electron chi connectivity index (χ4n) is 0.936. The third kappa shape index (κ3) is 1.90. The summed E-state index contributed by atoms with van der Waals surface area (Å²) in [5, 5.41) is 9.79. The van der Waals surface area contributed by atoms with Crippen molar-refractivity contribution in [2.75, 3.05) is 7.11 Å². The highest BCUT2D eigenvalue weighted by atomic mass is 35.5. The Morgan fingerprint density at radius 2 is 2.17 bits per heavy atom. The van der Waals surface area contributed by atoms with E-state index in [2.05, 4.69) is 0 Å². The smallest absolute Gasteiger partial charge is 0.137 e. The van der Waals surface area contributed by atoms with Crippen molar-refractivity contribution < 1.29 is 9.84 Å². The van der Waals surface area contributed by atoms with Gasteiger partial charge in [0, 0.05) is 0 Å². The van der Waals surface area contributed by atoms with Crippen LogP contribution in [0.2, 0.25) is 5.02 Å². The summed E-state index contributed by atoms with van der Waals surface area (Å²) in [6, 6.07) is 5.21. The quantitative estimate of drug-likeness (QED) is 0.769. The molecular weight excluding hydrogens is 176 g/mol. The topological polar surface area (TPSA) is 29.5 Å². The maximum Gasteiger partial charge on any atom is 0.137 e. The van der Waals surface area contributed by atoms with Crippen molar-refractivity contribution in [3.8, 4) is 5.75 Å². The predicted molar refractivity (Wildman–Crippen MR) is 48.6 cm³/mol. The Morgan fingerprint density at radius 1 is 1.50 bits per heavy atom. The van der Waals surface area contributed by atoms with Crippen molar-refractivity contribution in [1.82, 2.24) is 0 Å². The molecule has 0 amide bonds. The van der Waals surface area contributed by atoms with E-state index in [4.69, 9.17) is 16.3 Å². The molecule has 12 heavy (non-hydrogen) atoms. The summed E-state index contributed by atoms with van der Waals surface area (Å²) in [7, 11) is 1.55. The molecule has 0 radical (unpaired) electrons. The van der Waals surface area contributed by atoms with Crippen LogP contribution in [0.5, 0.6) is 5.75 Å². The molecule has 0 aliphatic rings. The average molecular weight is 187 g/mol. The minimum Gasteiger partial charge on any atom is -0.495 e. The number of hydrogen-bond acceptors (Lipinski definition) is 2. The maximum absolute atomic E-state index is 9.24. The van der Waals surface area contributed by atoms with Gasteiger partial charge >= 0.3 is 0 Å². The lowest BCUT2D eigenvalue weighted by Gasteiger charge is -2.07. The summed E-state index contributed by atoms with van der Waals surface area (Å²) < 4.78 is 4.99. The molecule has 0 aromatic heterocycles. The SMILES string of the molecule is COc1cc(C(C)O)ccc1Cl. The van der Waals surface area contributed by atoms with E-state index < -0.39 is 6.10 Å². The van der Waals surface area contributed by atoms with Crippen LogP contribution >= 0.6 is 11.6 Å². The van der Waals surface area contributed by atoms with Gasteiger partial charge in [0.15, 0.2) is 0 Å². The molecule has 0 spiro atoms. The third-order valence-corrected chi connectivity index (χ3v) is 1.97. The Kier molecular flexibility index (Phi) is 2.95. The Labute approximate surface area is 76.7 Å². The largest absolute Gasteiger partial charge is 0.495 e. The number of aliphatic hydroxyl groups excluding tert-OH is 1. The number of benzene rings is 1. The van der Waals surface area contributed by atoms with Gasteiger partial charge in [-0.2, -0.15) is 0 Å². The third-order valence-electron chi connectivity index (χ3n) is 1.66. The van der Waals surface area contributed by atoms with Gasteiger partial charge < -0.3 is 9.84 Å². The van der Waals surface area contributed by atoms with Crippen molar-refractivity contribution >= 4 is 11.6 Å². The molecule has 0 saturated heterocycles. The summed E-state index contributed by atoms with van der Waals surface area (Å²) in [5.41, 5.74) is 0.802. The Hall–Kier alpha value is -0.730. The summed E-state index contributed by atoms with van der Waals surface area (Å²) in [6.07, 6.45) is -0.490. The fourth-order valence-corrected chi connectivity index (χ4v) is 1.13. The lowest BCUT2D eigenvalue weighted by molar-refractivity contribution is 0.199. The zero-order chi connectivity index (χ0) is 9.14. The number of hydrogen-bond donors (Lipinski definition) is 1. The summed E-state index contributed by atoms with van der Waals surface area (Å²) >= 11 is 5.79. The Balaban J connectivity index is 3.05. The minimum absolute atomic E-state index is 0.490. The molecule has 2 nitrogen and oxygen atoms in total. The van der Waals surface area contributed by atoms with Crippen molar-refractivity contribution in [3.05, 3.63) is 28.8 Å². The monoisotopic (exact) mass is 186 g/mol. The van der Waals surface area contributed by atoms with Gasteiger partial charge in [-0.15, -0.1) is 0 Å². The van der Waals surface area contributed by atoms with E-state index >= 15 is 0 Å². The number of rotatable bonds is 2. The first-order valence-electron chi connectivity index (χ1n) is 3.66. The van der Waals surface area contributed by atoms with Crippen LogP contribution in [0.1, 0.15) is 18.6 Å². The van der Waals surface area contributed by atoms with Gasteiger partial charge in [-0.25, -0.2) is 0 Å². The number of aliphatic hydroxyl groups is 1. The molecule has 0 aliphatic carbocycles. The van der Waals surface area contributed by atoms with Gasteiger partial charge in [0.2, 0.25) is 0 Å². The van der Waals surface area contributed by atoms with Gasteiger partial charge in [0.25, 0.3) is 0 Å². The highest BCUT2D eigenvalue weighted by molar-refractivity contribution is 6.32. The van der Waals surface area contributed by atoms with Crippen LogP contribution in [0, 0.1) is 0 Å². The first-order valence-corrected chi connectivity index (χ1v) is 4.04. The minimum atomic E-state index is -0.490. The molecule has 1 atom stereocenters. The second-order valence-corrected chi connectivity index (χ2v) is 2.98. The molecule has 1 rings (SSSR count). The Bertz CT molecular complexity index is 271. The van der Waals surface area contributed by atoms with Crippen molar-refractivity contribution in [3.63, 3.8) is 0 Å². The molecule has 0 saturated carbocycles. The second-order valence-electron chi connectivity index (χ2n) is 2.57. The first-order chi connectivity index (χ1) is 5.65. The molecule has 0 bridgehead atoms. The van der Waals surface area contributed by atoms with Crippen molar-refractivity contribution in [1.29, 1.82) is 0 Å². The van der Waals surface area contributed by atoms with Gasteiger partial charge in [0.05, 0.1) is 18.2 Å². The zero-order valence-corrected chi connectivity index (χ0v) is 7.80. The van der Waals surface area contributed by atoms with E-state index in [0.29, 0.717) is 10.8 Å². The van der Waals surface area contributed by atoms with E-state index in [-0.39, 0.29) is 0 Å². The molecule has 1 aromatic rings. The van der Waals surface area contributed by atoms with Crippen molar-refractivity contribution in [2.45, 2.75) is 13.0 Å². The lowest BCUT2D eigenvalue weighted by atomic mass is 10.1. The molecule has 0 aliphatic heterocycles. The number of halogens is 1. The lowest BCUT2D eigenvalue weighted by Crippen LogP contribution is -1.92. The normalized spacial score (nSPS) is 12.7.